The van der Waals surface area contributed by atoms with Crippen LogP contribution in [0.1, 0.15) is 23.7 Å². The van der Waals surface area contributed by atoms with E-state index in [2.05, 4.69) is 11.4 Å². The van der Waals surface area contributed by atoms with E-state index >= 15 is 0 Å². The van der Waals surface area contributed by atoms with Gasteiger partial charge in [-0.3, -0.25) is 0 Å². The second-order valence-corrected chi connectivity index (χ2v) is 6.55. The molecule has 0 saturated carbocycles. The summed E-state index contributed by atoms with van der Waals surface area (Å²) in [5.74, 6) is 0.829. The van der Waals surface area contributed by atoms with Gasteiger partial charge in [0.15, 0.2) is 0 Å². The van der Waals surface area contributed by atoms with Crippen LogP contribution in [0.25, 0.3) is 0 Å². The van der Waals surface area contributed by atoms with E-state index in [0.29, 0.717) is 11.4 Å². The van der Waals surface area contributed by atoms with Gasteiger partial charge in [-0.15, -0.1) is 0 Å². The van der Waals surface area contributed by atoms with Crippen LogP contribution in [0, 0.1) is 0 Å². The Morgan fingerprint density at radius 1 is 0.962 bits per heavy atom. The molecule has 0 fully saturated rings. The Bertz CT molecular complexity index is 832. The lowest BCUT2D eigenvalue weighted by Crippen LogP contribution is -2.02. The Hall–Kier alpha value is -2.49. The highest BCUT2D eigenvalue weighted by Gasteiger charge is 2.10. The maximum atomic E-state index is 10.4. The summed E-state index contributed by atoms with van der Waals surface area (Å²) in [4.78, 5) is 0. The third-order valence-corrected chi connectivity index (χ3v) is 4.58. The van der Waals surface area contributed by atoms with Crippen molar-refractivity contribution in [1.82, 2.24) is 0 Å². The number of hydrogen-bond donors (Lipinski definition) is 2. The summed E-state index contributed by atoms with van der Waals surface area (Å²) in [5, 5.41) is 14.5. The topological polar surface area (TPSA) is 41.5 Å². The van der Waals surface area contributed by atoms with Crippen LogP contribution in [-0.2, 0) is 6.42 Å². The molecule has 134 valence electrons. The molecule has 1 atom stereocenters. The van der Waals surface area contributed by atoms with Gasteiger partial charge >= 0.3 is 0 Å². The minimum absolute atomic E-state index is 0.513. The van der Waals surface area contributed by atoms with E-state index in [0.717, 1.165) is 34.7 Å². The second-order valence-electron chi connectivity index (χ2n) is 6.12. The summed E-state index contributed by atoms with van der Waals surface area (Å²) < 4.78 is 5.19. The molecule has 3 nitrogen and oxygen atoms in total. The van der Waals surface area contributed by atoms with E-state index in [1.54, 1.807) is 19.2 Å². The molecular formula is C22H22ClNO2. The largest absolute Gasteiger partial charge is 0.497 e. The van der Waals surface area contributed by atoms with Gasteiger partial charge in [-0.05, 0) is 66.4 Å². The van der Waals surface area contributed by atoms with Gasteiger partial charge in [-0.2, -0.15) is 0 Å². The monoisotopic (exact) mass is 367 g/mol. The van der Waals surface area contributed by atoms with E-state index in [9.17, 15) is 5.11 Å². The number of hydrogen-bond acceptors (Lipinski definition) is 3. The highest BCUT2D eigenvalue weighted by Crippen LogP contribution is 2.26. The van der Waals surface area contributed by atoms with Crippen molar-refractivity contribution in [2.24, 2.45) is 0 Å². The first-order valence-corrected chi connectivity index (χ1v) is 8.96. The molecule has 0 amide bonds. The molecule has 0 heterocycles. The third-order valence-electron chi connectivity index (χ3n) is 4.33. The summed E-state index contributed by atoms with van der Waals surface area (Å²) in [5.41, 5.74) is 4.09. The molecule has 0 aliphatic rings. The molecule has 3 aromatic rings. The van der Waals surface area contributed by atoms with Crippen molar-refractivity contribution in [2.75, 3.05) is 12.4 Å². The molecule has 4 heteroatoms. The summed E-state index contributed by atoms with van der Waals surface area (Å²) >= 11 is 5.91. The maximum Gasteiger partial charge on any atom is 0.119 e. The van der Waals surface area contributed by atoms with Crippen molar-refractivity contribution in [3.05, 3.63) is 88.9 Å². The van der Waals surface area contributed by atoms with Gasteiger partial charge in [0.25, 0.3) is 0 Å². The minimum Gasteiger partial charge on any atom is -0.497 e. The number of aliphatic hydroxyl groups excluding tert-OH is 1. The van der Waals surface area contributed by atoms with Crippen molar-refractivity contribution >= 4 is 23.0 Å². The predicted octanol–water partition coefficient (Wildman–Crippen LogP) is 5.76. The average molecular weight is 368 g/mol. The summed E-state index contributed by atoms with van der Waals surface area (Å²) in [6, 6.07) is 23.3. The van der Waals surface area contributed by atoms with Gasteiger partial charge in [0.2, 0.25) is 0 Å². The molecule has 0 bridgehead atoms. The van der Waals surface area contributed by atoms with Crippen LogP contribution >= 0.6 is 11.6 Å². The van der Waals surface area contributed by atoms with Gasteiger partial charge in [-0.25, -0.2) is 0 Å². The fourth-order valence-corrected chi connectivity index (χ4v) is 2.96. The second kappa shape index (κ2) is 8.75. The van der Waals surface area contributed by atoms with Crippen LogP contribution in [0.2, 0.25) is 5.02 Å². The van der Waals surface area contributed by atoms with Crippen LogP contribution in [0.3, 0.4) is 0 Å². The molecule has 3 aromatic carbocycles. The molecule has 3 rings (SSSR count). The molecular weight excluding hydrogens is 346 g/mol. The quantitative estimate of drug-likeness (QED) is 0.558. The molecule has 0 radical (unpaired) electrons. The Morgan fingerprint density at radius 2 is 1.65 bits per heavy atom. The highest BCUT2D eigenvalue weighted by atomic mass is 35.5. The Labute approximate surface area is 159 Å². The Morgan fingerprint density at radius 3 is 2.35 bits per heavy atom. The lowest BCUT2D eigenvalue weighted by molar-refractivity contribution is 0.168. The molecule has 2 N–H and O–H groups in total. The normalized spacial score (nSPS) is 11.8. The standard InChI is InChI=1S/C22H22ClNO2/c1-26-20-13-11-19(12-14-20)24-21-5-3-2-4-16(21)8-15-22(25)17-6-9-18(23)10-7-17/h2-7,9-14,22,24-25H,8,15H2,1H3. The lowest BCUT2D eigenvalue weighted by Gasteiger charge is -2.15. The number of benzene rings is 3. The maximum absolute atomic E-state index is 10.4. The number of aliphatic hydroxyl groups is 1. The Kier molecular flexibility index (Phi) is 6.16. The van der Waals surface area contributed by atoms with E-state index in [-0.39, 0.29) is 0 Å². The molecule has 1 unspecified atom stereocenters. The van der Waals surface area contributed by atoms with Gasteiger partial charge in [0.1, 0.15) is 5.75 Å². The summed E-state index contributed by atoms with van der Waals surface area (Å²) in [6.07, 6.45) is 0.896. The number of para-hydroxylation sites is 1. The van der Waals surface area contributed by atoms with Crippen LogP contribution in [0.4, 0.5) is 11.4 Å². The smallest absolute Gasteiger partial charge is 0.119 e. The van der Waals surface area contributed by atoms with Crippen LogP contribution < -0.4 is 10.1 Å². The third kappa shape index (κ3) is 4.78. The number of rotatable bonds is 7. The zero-order chi connectivity index (χ0) is 18.4. The first-order valence-electron chi connectivity index (χ1n) is 8.58. The first kappa shape index (κ1) is 18.3. The fourth-order valence-electron chi connectivity index (χ4n) is 2.83. The van der Waals surface area contributed by atoms with Crippen LogP contribution in [0.5, 0.6) is 5.75 Å². The zero-order valence-corrected chi connectivity index (χ0v) is 15.4. The SMILES string of the molecule is COc1ccc(Nc2ccccc2CCC(O)c2ccc(Cl)cc2)cc1. The van der Waals surface area contributed by atoms with E-state index in [1.807, 2.05) is 54.6 Å². The van der Waals surface area contributed by atoms with Crippen molar-refractivity contribution in [1.29, 1.82) is 0 Å². The van der Waals surface area contributed by atoms with Gasteiger partial charge in [0, 0.05) is 16.4 Å². The minimum atomic E-state index is -0.513. The van der Waals surface area contributed by atoms with Crippen molar-refractivity contribution in [3.8, 4) is 5.75 Å². The lowest BCUT2D eigenvalue weighted by atomic mass is 10.0. The van der Waals surface area contributed by atoms with E-state index < -0.39 is 6.10 Å². The fraction of sp³-hybridized carbons (Fsp3) is 0.182. The molecule has 0 spiro atoms. The van der Waals surface area contributed by atoms with Gasteiger partial charge in [0.05, 0.1) is 13.2 Å². The number of methoxy groups -OCH3 is 1. The van der Waals surface area contributed by atoms with Crippen LogP contribution in [-0.4, -0.2) is 12.2 Å². The van der Waals surface area contributed by atoms with Gasteiger partial charge < -0.3 is 15.2 Å². The number of ether oxygens (including phenoxy) is 1. The van der Waals surface area contributed by atoms with Gasteiger partial charge in [-0.1, -0.05) is 41.9 Å². The highest BCUT2D eigenvalue weighted by molar-refractivity contribution is 6.30. The average Bonchev–Trinajstić information content (AvgIpc) is 2.68. The zero-order valence-electron chi connectivity index (χ0n) is 14.7. The van der Waals surface area contributed by atoms with Crippen LogP contribution in [0.15, 0.2) is 72.8 Å². The van der Waals surface area contributed by atoms with E-state index in [1.165, 1.54) is 0 Å². The number of halogens is 1. The molecule has 0 aliphatic heterocycles. The summed E-state index contributed by atoms with van der Waals surface area (Å²) in [6.45, 7) is 0. The molecule has 0 aliphatic carbocycles. The number of nitrogens with one attached hydrogen (secondary N) is 1. The van der Waals surface area contributed by atoms with Crippen molar-refractivity contribution in [3.63, 3.8) is 0 Å². The predicted molar refractivity (Wildman–Crippen MR) is 107 cm³/mol. The first-order chi connectivity index (χ1) is 12.7. The number of anilines is 2. The molecule has 26 heavy (non-hydrogen) atoms. The molecule has 0 aromatic heterocycles. The van der Waals surface area contributed by atoms with E-state index in [4.69, 9.17) is 16.3 Å². The van der Waals surface area contributed by atoms with Crippen molar-refractivity contribution < 1.29 is 9.84 Å². The van der Waals surface area contributed by atoms with Crippen molar-refractivity contribution in [2.45, 2.75) is 18.9 Å². The molecule has 0 saturated heterocycles. The summed E-state index contributed by atoms with van der Waals surface area (Å²) in [7, 11) is 1.66. The number of aryl methyl sites for hydroxylation is 1. The Balaban J connectivity index is 1.67.